The summed E-state index contributed by atoms with van der Waals surface area (Å²) in [5, 5.41) is 2.64. The van der Waals surface area contributed by atoms with Crippen molar-refractivity contribution in [3.05, 3.63) is 29.8 Å². The van der Waals surface area contributed by atoms with Gasteiger partial charge < -0.3 is 22.5 Å². The van der Waals surface area contributed by atoms with E-state index in [2.05, 4.69) is 5.32 Å². The van der Waals surface area contributed by atoms with Crippen molar-refractivity contribution in [3.63, 3.8) is 0 Å². The number of amides is 1. The minimum atomic E-state index is -0.587. The molecule has 0 heterocycles. The molecule has 5 heteroatoms. The standard InChI is InChI=1S/C11H18N4O/c12-5-6-15-11(16)10(14)7-8-3-1-2-4-9(8)13/h1-4,10H,5-7,12-14H2,(H,15,16). The summed E-state index contributed by atoms with van der Waals surface area (Å²) in [5.74, 6) is -0.200. The Morgan fingerprint density at radius 3 is 2.69 bits per heavy atom. The molecule has 5 nitrogen and oxygen atoms in total. The Balaban J connectivity index is 2.54. The number of hydrogen-bond acceptors (Lipinski definition) is 4. The lowest BCUT2D eigenvalue weighted by Gasteiger charge is -2.13. The predicted octanol–water partition coefficient (Wildman–Crippen LogP) is -0.786. The molecule has 1 aromatic carbocycles. The topological polar surface area (TPSA) is 107 Å². The maximum atomic E-state index is 11.5. The van der Waals surface area contributed by atoms with E-state index in [9.17, 15) is 4.79 Å². The number of rotatable bonds is 5. The van der Waals surface area contributed by atoms with Crippen molar-refractivity contribution >= 4 is 11.6 Å². The van der Waals surface area contributed by atoms with Crippen LogP contribution in [0.5, 0.6) is 0 Å². The summed E-state index contributed by atoms with van der Waals surface area (Å²) in [6.07, 6.45) is 0.434. The third-order valence-corrected chi connectivity index (χ3v) is 2.28. The summed E-state index contributed by atoms with van der Waals surface area (Å²) in [6.45, 7) is 0.850. The molecule has 1 aromatic rings. The van der Waals surface area contributed by atoms with Gasteiger partial charge in [-0.05, 0) is 18.1 Å². The highest BCUT2D eigenvalue weighted by Gasteiger charge is 2.14. The monoisotopic (exact) mass is 222 g/mol. The molecule has 0 saturated carbocycles. The van der Waals surface area contributed by atoms with Gasteiger partial charge in [-0.1, -0.05) is 18.2 Å². The molecule has 1 amide bonds. The Hall–Kier alpha value is -1.59. The largest absolute Gasteiger partial charge is 0.399 e. The second-order valence-electron chi connectivity index (χ2n) is 3.59. The minimum Gasteiger partial charge on any atom is -0.399 e. The minimum absolute atomic E-state index is 0.200. The summed E-state index contributed by atoms with van der Waals surface area (Å²) in [5.41, 5.74) is 18.3. The Bertz CT molecular complexity index is 354. The first-order valence-corrected chi connectivity index (χ1v) is 5.22. The van der Waals surface area contributed by atoms with Gasteiger partial charge in [-0.3, -0.25) is 4.79 Å². The van der Waals surface area contributed by atoms with Crippen LogP contribution < -0.4 is 22.5 Å². The highest BCUT2D eigenvalue weighted by atomic mass is 16.2. The molecule has 0 aliphatic rings. The molecule has 16 heavy (non-hydrogen) atoms. The Kier molecular flexibility index (Phi) is 4.75. The molecule has 0 aliphatic heterocycles. The smallest absolute Gasteiger partial charge is 0.237 e. The van der Waals surface area contributed by atoms with Gasteiger partial charge in [0.1, 0.15) is 0 Å². The van der Waals surface area contributed by atoms with Crippen LogP contribution in [-0.2, 0) is 11.2 Å². The molecule has 1 unspecified atom stereocenters. The van der Waals surface area contributed by atoms with E-state index < -0.39 is 6.04 Å². The van der Waals surface area contributed by atoms with Crippen molar-refractivity contribution in [2.24, 2.45) is 11.5 Å². The molecule has 7 N–H and O–H groups in total. The molecule has 0 bridgehead atoms. The number of para-hydroxylation sites is 1. The lowest BCUT2D eigenvalue weighted by molar-refractivity contribution is -0.122. The van der Waals surface area contributed by atoms with E-state index in [1.165, 1.54) is 0 Å². The third kappa shape index (κ3) is 3.52. The van der Waals surface area contributed by atoms with Crippen molar-refractivity contribution < 1.29 is 4.79 Å². The molecule has 1 atom stereocenters. The number of carbonyl (C=O) groups is 1. The quantitative estimate of drug-likeness (QED) is 0.490. The fourth-order valence-corrected chi connectivity index (χ4v) is 1.38. The molecule has 88 valence electrons. The molecule has 0 spiro atoms. The zero-order valence-electron chi connectivity index (χ0n) is 9.15. The molecule has 0 aliphatic carbocycles. The van der Waals surface area contributed by atoms with Gasteiger partial charge in [0.15, 0.2) is 0 Å². The van der Waals surface area contributed by atoms with Gasteiger partial charge in [0.25, 0.3) is 0 Å². The Labute approximate surface area is 95.0 Å². The number of anilines is 1. The summed E-state index contributed by atoms with van der Waals surface area (Å²) in [4.78, 5) is 11.5. The summed E-state index contributed by atoms with van der Waals surface area (Å²) < 4.78 is 0. The maximum absolute atomic E-state index is 11.5. The van der Waals surface area contributed by atoms with Crippen molar-refractivity contribution in [1.82, 2.24) is 5.32 Å². The van der Waals surface area contributed by atoms with Gasteiger partial charge >= 0.3 is 0 Å². The van der Waals surface area contributed by atoms with Gasteiger partial charge in [0.05, 0.1) is 6.04 Å². The van der Waals surface area contributed by atoms with E-state index in [0.717, 1.165) is 5.56 Å². The molecule has 0 fully saturated rings. The first kappa shape index (κ1) is 12.5. The summed E-state index contributed by atoms with van der Waals surface area (Å²) in [6, 6.07) is 6.79. The number of nitrogens with one attached hydrogen (secondary N) is 1. The Morgan fingerprint density at radius 1 is 1.38 bits per heavy atom. The average Bonchev–Trinajstić information content (AvgIpc) is 2.28. The fourth-order valence-electron chi connectivity index (χ4n) is 1.38. The Morgan fingerprint density at radius 2 is 2.06 bits per heavy atom. The average molecular weight is 222 g/mol. The van der Waals surface area contributed by atoms with E-state index in [1.807, 2.05) is 18.2 Å². The zero-order valence-corrected chi connectivity index (χ0v) is 9.15. The van der Waals surface area contributed by atoms with Crippen molar-refractivity contribution in [3.8, 4) is 0 Å². The van der Waals surface area contributed by atoms with Gasteiger partial charge in [-0.25, -0.2) is 0 Å². The zero-order chi connectivity index (χ0) is 12.0. The number of nitrogen functional groups attached to an aromatic ring is 1. The predicted molar refractivity (Wildman–Crippen MR) is 64.6 cm³/mol. The van der Waals surface area contributed by atoms with Crippen LogP contribution in [0.15, 0.2) is 24.3 Å². The first-order valence-electron chi connectivity index (χ1n) is 5.22. The number of carbonyl (C=O) groups excluding carboxylic acids is 1. The van der Waals surface area contributed by atoms with Gasteiger partial charge in [-0.15, -0.1) is 0 Å². The molecule has 0 aromatic heterocycles. The van der Waals surface area contributed by atoms with Gasteiger partial charge in [-0.2, -0.15) is 0 Å². The van der Waals surface area contributed by atoms with E-state index in [4.69, 9.17) is 17.2 Å². The van der Waals surface area contributed by atoms with Crippen molar-refractivity contribution in [2.45, 2.75) is 12.5 Å². The third-order valence-electron chi connectivity index (χ3n) is 2.28. The van der Waals surface area contributed by atoms with Crippen LogP contribution in [0, 0.1) is 0 Å². The normalized spacial score (nSPS) is 12.1. The van der Waals surface area contributed by atoms with Crippen LogP contribution in [0.4, 0.5) is 5.69 Å². The SMILES string of the molecule is NCCNC(=O)C(N)Cc1ccccc1N. The van der Waals surface area contributed by atoms with Crippen LogP contribution >= 0.6 is 0 Å². The van der Waals surface area contributed by atoms with Crippen molar-refractivity contribution in [2.75, 3.05) is 18.8 Å². The first-order chi connectivity index (χ1) is 7.65. The van der Waals surface area contributed by atoms with Crippen LogP contribution in [0.3, 0.4) is 0 Å². The van der Waals surface area contributed by atoms with Gasteiger partial charge in [0.2, 0.25) is 5.91 Å². The number of benzene rings is 1. The van der Waals surface area contributed by atoms with Crippen LogP contribution in [0.1, 0.15) is 5.56 Å². The summed E-state index contributed by atoms with van der Waals surface area (Å²) in [7, 11) is 0. The lowest BCUT2D eigenvalue weighted by atomic mass is 10.0. The van der Waals surface area contributed by atoms with Gasteiger partial charge in [0, 0.05) is 18.8 Å². The van der Waals surface area contributed by atoms with Crippen LogP contribution in [0.2, 0.25) is 0 Å². The van der Waals surface area contributed by atoms with E-state index >= 15 is 0 Å². The summed E-state index contributed by atoms with van der Waals surface area (Å²) >= 11 is 0. The van der Waals surface area contributed by atoms with E-state index in [1.54, 1.807) is 6.07 Å². The molecular formula is C11H18N4O. The van der Waals surface area contributed by atoms with Crippen molar-refractivity contribution in [1.29, 1.82) is 0 Å². The second-order valence-corrected chi connectivity index (χ2v) is 3.59. The van der Waals surface area contributed by atoms with Crippen LogP contribution in [-0.4, -0.2) is 25.0 Å². The van der Waals surface area contributed by atoms with E-state index in [-0.39, 0.29) is 5.91 Å². The maximum Gasteiger partial charge on any atom is 0.237 e. The van der Waals surface area contributed by atoms with E-state index in [0.29, 0.717) is 25.2 Å². The second kappa shape index (κ2) is 6.09. The number of nitrogens with two attached hydrogens (primary N) is 3. The highest BCUT2D eigenvalue weighted by Crippen LogP contribution is 2.12. The molecular weight excluding hydrogens is 204 g/mol. The van der Waals surface area contributed by atoms with Crippen LogP contribution in [0.25, 0.3) is 0 Å². The lowest BCUT2D eigenvalue weighted by Crippen LogP contribution is -2.43. The molecule has 0 radical (unpaired) electrons. The molecule has 0 saturated heterocycles. The fraction of sp³-hybridized carbons (Fsp3) is 0.364. The number of hydrogen-bond donors (Lipinski definition) is 4. The highest BCUT2D eigenvalue weighted by molar-refractivity contribution is 5.82. The molecule has 1 rings (SSSR count).